The second-order valence-corrected chi connectivity index (χ2v) is 3.56. The molecule has 2 nitrogen and oxygen atoms in total. The first-order chi connectivity index (χ1) is 6.66. The molecular formula is C9H6F2N2S. The van der Waals surface area contributed by atoms with Gasteiger partial charge in [-0.3, -0.25) is 0 Å². The predicted molar refractivity (Wildman–Crippen MR) is 51.9 cm³/mol. The van der Waals surface area contributed by atoms with Crippen molar-refractivity contribution in [2.24, 2.45) is 0 Å². The van der Waals surface area contributed by atoms with Crippen molar-refractivity contribution in [1.29, 1.82) is 0 Å². The molecule has 2 aromatic rings. The van der Waals surface area contributed by atoms with Gasteiger partial charge < -0.3 is 5.73 Å². The minimum atomic E-state index is -0.878. The SMILES string of the molecule is Nc1csc(-c2ccc(F)c(F)c2)n1. The van der Waals surface area contributed by atoms with Crippen LogP contribution in [0.5, 0.6) is 0 Å². The van der Waals surface area contributed by atoms with Gasteiger partial charge in [0.25, 0.3) is 0 Å². The number of hydrogen-bond acceptors (Lipinski definition) is 3. The van der Waals surface area contributed by atoms with Crippen LogP contribution in [0.3, 0.4) is 0 Å². The van der Waals surface area contributed by atoms with Crippen molar-refractivity contribution >= 4 is 17.2 Å². The molecule has 0 saturated heterocycles. The Labute approximate surface area is 83.0 Å². The summed E-state index contributed by atoms with van der Waals surface area (Å²) in [5, 5.41) is 2.23. The normalized spacial score (nSPS) is 10.4. The molecule has 0 saturated carbocycles. The summed E-state index contributed by atoms with van der Waals surface area (Å²) in [7, 11) is 0. The maximum absolute atomic E-state index is 12.8. The number of nitrogen functional groups attached to an aromatic ring is 1. The van der Waals surface area contributed by atoms with E-state index < -0.39 is 11.6 Å². The van der Waals surface area contributed by atoms with Crippen molar-refractivity contribution in [1.82, 2.24) is 4.98 Å². The number of rotatable bonds is 1. The molecule has 72 valence electrons. The quantitative estimate of drug-likeness (QED) is 0.789. The molecule has 0 amide bonds. The van der Waals surface area contributed by atoms with Gasteiger partial charge in [0.15, 0.2) is 11.6 Å². The summed E-state index contributed by atoms with van der Waals surface area (Å²) < 4.78 is 25.4. The number of benzene rings is 1. The van der Waals surface area contributed by atoms with E-state index in [1.807, 2.05) is 0 Å². The van der Waals surface area contributed by atoms with Crippen LogP contribution in [-0.4, -0.2) is 4.98 Å². The maximum atomic E-state index is 12.8. The second-order valence-electron chi connectivity index (χ2n) is 2.71. The van der Waals surface area contributed by atoms with E-state index in [9.17, 15) is 8.78 Å². The van der Waals surface area contributed by atoms with Gasteiger partial charge in [-0.25, -0.2) is 13.8 Å². The van der Waals surface area contributed by atoms with E-state index in [0.717, 1.165) is 12.1 Å². The molecule has 0 aliphatic rings. The number of hydrogen-bond donors (Lipinski definition) is 1. The second kappa shape index (κ2) is 3.34. The Kier molecular flexibility index (Phi) is 2.17. The lowest BCUT2D eigenvalue weighted by molar-refractivity contribution is 0.509. The molecule has 1 heterocycles. The highest BCUT2D eigenvalue weighted by Crippen LogP contribution is 2.25. The average molecular weight is 212 g/mol. The molecule has 0 fully saturated rings. The summed E-state index contributed by atoms with van der Waals surface area (Å²) in [5.41, 5.74) is 5.95. The van der Waals surface area contributed by atoms with Crippen molar-refractivity contribution in [3.63, 3.8) is 0 Å². The van der Waals surface area contributed by atoms with Crippen LogP contribution in [0.4, 0.5) is 14.6 Å². The van der Waals surface area contributed by atoms with Gasteiger partial charge in [0.05, 0.1) is 0 Å². The summed E-state index contributed by atoms with van der Waals surface area (Å²) in [6, 6.07) is 3.65. The minimum Gasteiger partial charge on any atom is -0.383 e. The van der Waals surface area contributed by atoms with Gasteiger partial charge in [-0.15, -0.1) is 11.3 Å². The molecule has 0 aliphatic heterocycles. The fourth-order valence-corrected chi connectivity index (χ4v) is 1.75. The number of nitrogens with two attached hydrogens (primary N) is 1. The van der Waals surface area contributed by atoms with Crippen molar-refractivity contribution < 1.29 is 8.78 Å². The Bertz CT molecular complexity index is 468. The van der Waals surface area contributed by atoms with E-state index in [-0.39, 0.29) is 0 Å². The van der Waals surface area contributed by atoms with Crippen molar-refractivity contribution in [2.45, 2.75) is 0 Å². The van der Waals surface area contributed by atoms with E-state index in [4.69, 9.17) is 5.73 Å². The van der Waals surface area contributed by atoms with Gasteiger partial charge in [0.2, 0.25) is 0 Å². The highest BCUT2D eigenvalue weighted by atomic mass is 32.1. The van der Waals surface area contributed by atoms with E-state index in [1.54, 1.807) is 5.38 Å². The number of aromatic nitrogens is 1. The topological polar surface area (TPSA) is 38.9 Å². The number of anilines is 1. The molecular weight excluding hydrogens is 206 g/mol. The lowest BCUT2D eigenvalue weighted by Crippen LogP contribution is -1.86. The molecule has 14 heavy (non-hydrogen) atoms. The van der Waals surface area contributed by atoms with Crippen molar-refractivity contribution in [2.75, 3.05) is 5.73 Å². The van der Waals surface area contributed by atoms with Gasteiger partial charge in [-0.1, -0.05) is 0 Å². The Balaban J connectivity index is 2.47. The Hall–Kier alpha value is -1.49. The monoisotopic (exact) mass is 212 g/mol. The smallest absolute Gasteiger partial charge is 0.159 e. The number of nitrogens with zero attached hydrogens (tertiary/aromatic N) is 1. The highest BCUT2D eigenvalue weighted by molar-refractivity contribution is 7.13. The van der Waals surface area contributed by atoms with Crippen LogP contribution >= 0.6 is 11.3 Å². The number of thiazole rings is 1. The van der Waals surface area contributed by atoms with Gasteiger partial charge in [0, 0.05) is 10.9 Å². The van der Waals surface area contributed by atoms with E-state index in [2.05, 4.69) is 4.98 Å². The average Bonchev–Trinajstić information content (AvgIpc) is 2.57. The van der Waals surface area contributed by atoms with Gasteiger partial charge in [-0.05, 0) is 18.2 Å². The first kappa shape index (κ1) is 9.08. The van der Waals surface area contributed by atoms with Crippen LogP contribution in [0.15, 0.2) is 23.6 Å². The molecule has 2 rings (SSSR count). The van der Waals surface area contributed by atoms with Crippen molar-refractivity contribution in [3.8, 4) is 10.6 Å². The summed E-state index contributed by atoms with van der Waals surface area (Å²) in [6.07, 6.45) is 0. The molecule has 0 atom stereocenters. The molecule has 5 heteroatoms. The lowest BCUT2D eigenvalue weighted by Gasteiger charge is -1.96. The zero-order chi connectivity index (χ0) is 10.1. The van der Waals surface area contributed by atoms with Crippen LogP contribution in [0.2, 0.25) is 0 Å². The Morgan fingerprint density at radius 2 is 2.00 bits per heavy atom. The third-order valence-electron chi connectivity index (χ3n) is 1.69. The van der Waals surface area contributed by atoms with Crippen LogP contribution in [0.25, 0.3) is 10.6 Å². The van der Waals surface area contributed by atoms with Crippen molar-refractivity contribution in [3.05, 3.63) is 35.2 Å². The standard InChI is InChI=1S/C9H6F2N2S/c10-6-2-1-5(3-7(6)11)9-13-8(12)4-14-9/h1-4H,12H2. The van der Waals surface area contributed by atoms with Crippen LogP contribution in [0.1, 0.15) is 0 Å². The predicted octanol–water partition coefficient (Wildman–Crippen LogP) is 2.67. The van der Waals surface area contributed by atoms with E-state index in [0.29, 0.717) is 16.4 Å². The van der Waals surface area contributed by atoms with Gasteiger partial charge >= 0.3 is 0 Å². The first-order valence-corrected chi connectivity index (χ1v) is 4.71. The third kappa shape index (κ3) is 1.58. The zero-order valence-corrected chi connectivity index (χ0v) is 7.81. The minimum absolute atomic E-state index is 0.384. The van der Waals surface area contributed by atoms with Crippen LogP contribution in [-0.2, 0) is 0 Å². The maximum Gasteiger partial charge on any atom is 0.159 e. The highest BCUT2D eigenvalue weighted by Gasteiger charge is 2.06. The third-order valence-corrected chi connectivity index (χ3v) is 2.60. The molecule has 1 aromatic carbocycles. The Morgan fingerprint density at radius 3 is 2.57 bits per heavy atom. The first-order valence-electron chi connectivity index (χ1n) is 3.83. The molecule has 0 spiro atoms. The summed E-state index contributed by atoms with van der Waals surface area (Å²) in [4.78, 5) is 3.96. The molecule has 0 unspecified atom stereocenters. The Morgan fingerprint density at radius 1 is 1.21 bits per heavy atom. The van der Waals surface area contributed by atoms with Gasteiger partial charge in [0.1, 0.15) is 10.8 Å². The van der Waals surface area contributed by atoms with Crippen LogP contribution in [0, 0.1) is 11.6 Å². The fourth-order valence-electron chi connectivity index (χ4n) is 1.05. The number of halogens is 2. The molecule has 2 N–H and O–H groups in total. The molecule has 1 aromatic heterocycles. The lowest BCUT2D eigenvalue weighted by atomic mass is 10.2. The molecule has 0 radical (unpaired) electrons. The van der Waals surface area contributed by atoms with Gasteiger partial charge in [-0.2, -0.15) is 0 Å². The van der Waals surface area contributed by atoms with E-state index >= 15 is 0 Å². The van der Waals surface area contributed by atoms with E-state index in [1.165, 1.54) is 17.4 Å². The fraction of sp³-hybridized carbons (Fsp3) is 0. The summed E-state index contributed by atoms with van der Waals surface area (Å²) >= 11 is 1.29. The zero-order valence-electron chi connectivity index (χ0n) is 7.00. The summed E-state index contributed by atoms with van der Waals surface area (Å²) in [5.74, 6) is -1.36. The van der Waals surface area contributed by atoms with Crippen LogP contribution < -0.4 is 5.73 Å². The molecule has 0 aliphatic carbocycles. The molecule has 0 bridgehead atoms. The summed E-state index contributed by atoms with van der Waals surface area (Å²) in [6.45, 7) is 0. The largest absolute Gasteiger partial charge is 0.383 e.